The van der Waals surface area contributed by atoms with E-state index in [4.69, 9.17) is 4.74 Å². The minimum absolute atomic E-state index is 0.0310. The number of carbonyl (C=O) groups is 1. The molecule has 29 heavy (non-hydrogen) atoms. The molecule has 8 heteroatoms. The average Bonchev–Trinajstić information content (AvgIpc) is 2.70. The van der Waals surface area contributed by atoms with E-state index in [2.05, 4.69) is 29.1 Å². The van der Waals surface area contributed by atoms with Crippen LogP contribution in [0.4, 0.5) is 5.69 Å². The van der Waals surface area contributed by atoms with Gasteiger partial charge in [0.25, 0.3) is 15.9 Å². The fourth-order valence-electron chi connectivity index (χ4n) is 2.50. The summed E-state index contributed by atoms with van der Waals surface area (Å²) in [7, 11) is -2.44. The van der Waals surface area contributed by atoms with E-state index in [0.29, 0.717) is 17.4 Å². The summed E-state index contributed by atoms with van der Waals surface area (Å²) in [6.45, 7) is 6.09. The van der Waals surface area contributed by atoms with E-state index in [0.717, 1.165) is 18.6 Å². The number of methoxy groups -OCH3 is 1. The number of para-hydroxylation sites is 2. The normalized spacial score (nSPS) is 12.0. The van der Waals surface area contributed by atoms with Gasteiger partial charge in [-0.1, -0.05) is 32.0 Å². The van der Waals surface area contributed by atoms with E-state index >= 15 is 0 Å². The summed E-state index contributed by atoms with van der Waals surface area (Å²) in [6.07, 6.45) is 1.77. The lowest BCUT2D eigenvalue weighted by atomic mass is 10.1. The Kier molecular flexibility index (Phi) is 7.78. The number of benzene rings is 2. The van der Waals surface area contributed by atoms with Crippen molar-refractivity contribution in [3.63, 3.8) is 0 Å². The topological polar surface area (TPSA) is 96.9 Å². The standard InChI is InChI=1S/C21H27N3O4S/c1-15(2)12-13-16(3)22-23-21(25)17-8-7-9-18(14-17)29(26,27)24-19-10-5-6-11-20(19)28-4/h5-11,14-15,24H,12-13H2,1-4H3,(H,23,25)/b22-16-. The third kappa shape index (κ3) is 6.60. The van der Waals surface area contributed by atoms with Gasteiger partial charge in [-0.3, -0.25) is 9.52 Å². The van der Waals surface area contributed by atoms with Crippen LogP contribution in [-0.2, 0) is 10.0 Å². The summed E-state index contributed by atoms with van der Waals surface area (Å²) < 4.78 is 33.1. The SMILES string of the molecule is COc1ccccc1NS(=O)(=O)c1cccc(C(=O)N/N=C(/C)CCC(C)C)c1. The minimum Gasteiger partial charge on any atom is -0.495 e. The summed E-state index contributed by atoms with van der Waals surface area (Å²) in [4.78, 5) is 12.3. The molecule has 156 valence electrons. The van der Waals surface area contributed by atoms with Crippen LogP contribution < -0.4 is 14.9 Å². The highest BCUT2D eigenvalue weighted by atomic mass is 32.2. The Morgan fingerprint density at radius 1 is 1.14 bits per heavy atom. The highest BCUT2D eigenvalue weighted by Crippen LogP contribution is 2.26. The maximum Gasteiger partial charge on any atom is 0.271 e. The van der Waals surface area contributed by atoms with Gasteiger partial charge in [-0.2, -0.15) is 5.10 Å². The van der Waals surface area contributed by atoms with E-state index in [1.807, 2.05) is 6.92 Å². The molecular formula is C21H27N3O4S. The number of nitrogens with zero attached hydrogens (tertiary/aromatic N) is 1. The molecule has 0 aliphatic heterocycles. The molecular weight excluding hydrogens is 390 g/mol. The van der Waals surface area contributed by atoms with E-state index < -0.39 is 15.9 Å². The lowest BCUT2D eigenvalue weighted by Gasteiger charge is -2.12. The van der Waals surface area contributed by atoms with Crippen LogP contribution in [0, 0.1) is 5.92 Å². The molecule has 0 unspecified atom stereocenters. The van der Waals surface area contributed by atoms with Crippen molar-refractivity contribution in [3.05, 3.63) is 54.1 Å². The first-order chi connectivity index (χ1) is 13.7. The molecule has 2 rings (SSSR count). The summed E-state index contributed by atoms with van der Waals surface area (Å²) in [5.74, 6) is 0.480. The van der Waals surface area contributed by atoms with E-state index in [9.17, 15) is 13.2 Å². The first kappa shape index (κ1) is 22.4. The summed E-state index contributed by atoms with van der Waals surface area (Å²) >= 11 is 0. The summed E-state index contributed by atoms with van der Waals surface area (Å²) in [6, 6.07) is 12.5. The highest BCUT2D eigenvalue weighted by molar-refractivity contribution is 7.92. The summed E-state index contributed by atoms with van der Waals surface area (Å²) in [5, 5.41) is 4.09. The molecule has 0 spiro atoms. The Bertz CT molecular complexity index is 985. The molecule has 0 heterocycles. The van der Waals surface area contributed by atoms with Crippen LogP contribution in [0.15, 0.2) is 58.5 Å². The maximum atomic E-state index is 12.7. The number of hydrogen-bond acceptors (Lipinski definition) is 5. The van der Waals surface area contributed by atoms with Crippen molar-refractivity contribution in [2.45, 2.75) is 38.5 Å². The Morgan fingerprint density at radius 3 is 2.55 bits per heavy atom. The number of carbonyl (C=O) groups excluding carboxylic acids is 1. The molecule has 0 saturated heterocycles. The molecule has 7 nitrogen and oxygen atoms in total. The van der Waals surface area contributed by atoms with Crippen LogP contribution in [0.1, 0.15) is 44.0 Å². The van der Waals surface area contributed by atoms with Crippen LogP contribution in [0.2, 0.25) is 0 Å². The Morgan fingerprint density at radius 2 is 1.86 bits per heavy atom. The monoisotopic (exact) mass is 417 g/mol. The molecule has 0 bridgehead atoms. The van der Waals surface area contributed by atoms with Crippen molar-refractivity contribution in [1.82, 2.24) is 5.43 Å². The van der Waals surface area contributed by atoms with Crippen LogP contribution in [0.25, 0.3) is 0 Å². The van der Waals surface area contributed by atoms with Crippen molar-refractivity contribution in [1.29, 1.82) is 0 Å². The predicted molar refractivity (Wildman–Crippen MR) is 115 cm³/mol. The molecule has 2 aromatic carbocycles. The number of hydrazone groups is 1. The largest absolute Gasteiger partial charge is 0.495 e. The number of amides is 1. The second-order valence-corrected chi connectivity index (χ2v) is 8.74. The van der Waals surface area contributed by atoms with Crippen molar-refractivity contribution in [2.24, 2.45) is 11.0 Å². The quantitative estimate of drug-likeness (QED) is 0.475. The van der Waals surface area contributed by atoms with E-state index in [1.165, 1.54) is 31.4 Å². The van der Waals surface area contributed by atoms with Crippen LogP contribution >= 0.6 is 0 Å². The lowest BCUT2D eigenvalue weighted by Crippen LogP contribution is -2.20. The molecule has 0 atom stereocenters. The van der Waals surface area contributed by atoms with Crippen LogP contribution in [0.5, 0.6) is 5.75 Å². The second kappa shape index (κ2) is 10.1. The Labute approximate surface area is 172 Å². The van der Waals surface area contributed by atoms with Gasteiger partial charge in [0, 0.05) is 11.3 Å². The second-order valence-electron chi connectivity index (χ2n) is 7.05. The zero-order valence-electron chi connectivity index (χ0n) is 17.1. The van der Waals surface area contributed by atoms with Crippen molar-refractivity contribution in [2.75, 3.05) is 11.8 Å². The predicted octanol–water partition coefficient (Wildman–Crippen LogP) is 4.04. The first-order valence-electron chi connectivity index (χ1n) is 9.32. The zero-order valence-corrected chi connectivity index (χ0v) is 17.9. The first-order valence-corrected chi connectivity index (χ1v) is 10.8. The van der Waals surface area contributed by atoms with Gasteiger partial charge in [0.05, 0.1) is 17.7 Å². The van der Waals surface area contributed by atoms with Gasteiger partial charge in [0.15, 0.2) is 0 Å². The number of nitrogens with one attached hydrogen (secondary N) is 2. The average molecular weight is 418 g/mol. The number of rotatable bonds is 9. The minimum atomic E-state index is -3.90. The molecule has 0 saturated carbocycles. The van der Waals surface area contributed by atoms with Crippen molar-refractivity contribution < 1.29 is 17.9 Å². The molecule has 0 radical (unpaired) electrons. The molecule has 0 aliphatic rings. The molecule has 0 aliphatic carbocycles. The van der Waals surface area contributed by atoms with Gasteiger partial charge < -0.3 is 4.74 Å². The van der Waals surface area contributed by atoms with Crippen molar-refractivity contribution in [3.8, 4) is 5.75 Å². The molecule has 2 N–H and O–H groups in total. The zero-order chi connectivity index (χ0) is 21.4. The lowest BCUT2D eigenvalue weighted by molar-refractivity contribution is 0.0954. The molecule has 2 aromatic rings. The Balaban J connectivity index is 2.15. The number of ether oxygens (including phenoxy) is 1. The van der Waals surface area contributed by atoms with Gasteiger partial charge in [-0.05, 0) is 56.0 Å². The van der Waals surface area contributed by atoms with Gasteiger partial charge in [0.1, 0.15) is 5.75 Å². The molecule has 1 amide bonds. The van der Waals surface area contributed by atoms with Gasteiger partial charge >= 0.3 is 0 Å². The molecule has 0 fully saturated rings. The van der Waals surface area contributed by atoms with E-state index in [1.54, 1.807) is 24.3 Å². The number of hydrogen-bond donors (Lipinski definition) is 2. The van der Waals surface area contributed by atoms with Crippen LogP contribution in [-0.4, -0.2) is 27.1 Å². The van der Waals surface area contributed by atoms with Gasteiger partial charge in [-0.25, -0.2) is 13.8 Å². The smallest absolute Gasteiger partial charge is 0.271 e. The third-order valence-electron chi connectivity index (χ3n) is 4.19. The Hall–Kier alpha value is -2.87. The fourth-order valence-corrected chi connectivity index (χ4v) is 3.62. The van der Waals surface area contributed by atoms with Crippen LogP contribution in [0.3, 0.4) is 0 Å². The van der Waals surface area contributed by atoms with Crippen molar-refractivity contribution >= 4 is 27.3 Å². The van der Waals surface area contributed by atoms with Gasteiger partial charge in [-0.15, -0.1) is 0 Å². The summed E-state index contributed by atoms with van der Waals surface area (Å²) in [5.41, 5.74) is 3.81. The van der Waals surface area contributed by atoms with Gasteiger partial charge in [0.2, 0.25) is 0 Å². The van der Waals surface area contributed by atoms with E-state index in [-0.39, 0.29) is 10.5 Å². The fraction of sp³-hybridized carbons (Fsp3) is 0.333. The highest BCUT2D eigenvalue weighted by Gasteiger charge is 2.18. The third-order valence-corrected chi connectivity index (χ3v) is 5.55. The number of sulfonamides is 1. The molecule has 0 aromatic heterocycles. The number of anilines is 1. The maximum absolute atomic E-state index is 12.7.